The highest BCUT2D eigenvalue weighted by Gasteiger charge is 2.41. The molecule has 0 heterocycles. The Labute approximate surface area is 307 Å². The molecule has 2 aromatic carbocycles. The zero-order valence-electron chi connectivity index (χ0n) is 27.7. The van der Waals surface area contributed by atoms with Gasteiger partial charge in [0.05, 0.1) is 23.3 Å². The number of aldehydes is 1. The molecule has 3 N–H and O–H groups in total. The fourth-order valence-corrected chi connectivity index (χ4v) is 7.01. The van der Waals surface area contributed by atoms with Gasteiger partial charge in [0.1, 0.15) is 18.5 Å². The number of benzene rings is 2. The van der Waals surface area contributed by atoms with E-state index in [0.29, 0.717) is 43.0 Å². The summed E-state index contributed by atoms with van der Waals surface area (Å²) in [4.78, 5) is 40.3. The van der Waals surface area contributed by atoms with Crippen LogP contribution in [0.2, 0.25) is 10.0 Å². The second-order valence-corrected chi connectivity index (χ2v) is 14.0. The number of halogens is 3. The number of amides is 2. The van der Waals surface area contributed by atoms with Crippen molar-refractivity contribution in [2.24, 2.45) is 0 Å². The maximum absolute atomic E-state index is 14.0. The first-order valence-corrected chi connectivity index (χ1v) is 18.5. The van der Waals surface area contributed by atoms with E-state index in [1.54, 1.807) is 29.2 Å². The Morgan fingerprint density at radius 1 is 1.06 bits per heavy atom. The summed E-state index contributed by atoms with van der Waals surface area (Å²) in [5.41, 5.74) is 1.33. The van der Waals surface area contributed by atoms with E-state index in [4.69, 9.17) is 32.7 Å². The van der Waals surface area contributed by atoms with Crippen LogP contribution in [0.15, 0.2) is 42.0 Å². The van der Waals surface area contributed by atoms with Crippen molar-refractivity contribution in [3.05, 3.63) is 66.7 Å². The molecule has 0 bridgehead atoms. The van der Waals surface area contributed by atoms with Gasteiger partial charge in [-0.1, -0.05) is 87.6 Å². The van der Waals surface area contributed by atoms with Crippen molar-refractivity contribution in [3.8, 4) is 11.5 Å². The monoisotopic (exact) mass is 816 g/mol. The zero-order chi connectivity index (χ0) is 35.1. The summed E-state index contributed by atoms with van der Waals surface area (Å²) in [5.74, 6) is -0.0491. The third-order valence-corrected chi connectivity index (χ3v) is 9.82. The van der Waals surface area contributed by atoms with Gasteiger partial charge in [-0.2, -0.15) is 0 Å². The van der Waals surface area contributed by atoms with Crippen LogP contribution < -0.4 is 14.8 Å². The van der Waals surface area contributed by atoms with Gasteiger partial charge in [0.2, 0.25) is 11.8 Å². The average Bonchev–Trinajstić information content (AvgIpc) is 3.07. The number of methoxy groups -OCH3 is 1. The Balaban J connectivity index is 1.91. The second kappa shape index (κ2) is 21.0. The van der Waals surface area contributed by atoms with Crippen LogP contribution in [0, 0.1) is 3.57 Å². The first-order valence-electron chi connectivity index (χ1n) is 16.6. The van der Waals surface area contributed by atoms with Gasteiger partial charge >= 0.3 is 0 Å². The molecular formula is C36H47Cl2IN2O7. The lowest BCUT2D eigenvalue weighted by atomic mass is 9.87. The number of carbonyl (C=O) groups is 3. The molecule has 3 atom stereocenters. The standard InChI is InChI=1S/C36H47Cl2IN2O7/c1-3-4-5-6-7-8-9-10-11-12-33(44)41(22-25-13-14-27(37)21-28(25)38)30-19-26(36(46)40-15-16-42)20-31(34(30)45)48-35-29(39)17-24(23-43)18-32(35)47-2/h13-14,17-18,20-21,23,30-31,34,42,45H,3-12,15-16,19,22H2,1-2H3,(H,40,46). The molecule has 0 aromatic heterocycles. The van der Waals surface area contributed by atoms with Crippen molar-refractivity contribution < 1.29 is 34.1 Å². The van der Waals surface area contributed by atoms with Gasteiger partial charge in [-0.15, -0.1) is 0 Å². The zero-order valence-corrected chi connectivity index (χ0v) is 31.4. The predicted octanol–water partition coefficient (Wildman–Crippen LogP) is 7.28. The number of aliphatic hydroxyl groups is 2. The summed E-state index contributed by atoms with van der Waals surface area (Å²) in [5, 5.41) is 24.7. The lowest BCUT2D eigenvalue weighted by Gasteiger charge is -2.41. The third kappa shape index (κ3) is 11.9. The van der Waals surface area contributed by atoms with Crippen molar-refractivity contribution in [2.45, 2.75) is 102 Å². The van der Waals surface area contributed by atoms with Crippen LogP contribution in [0.1, 0.15) is 93.5 Å². The Hall–Kier alpha value is -2.38. The number of carbonyl (C=O) groups excluding carboxylic acids is 3. The third-order valence-electron chi connectivity index (χ3n) is 8.43. The highest BCUT2D eigenvalue weighted by Crippen LogP contribution is 2.37. The maximum atomic E-state index is 14.0. The molecule has 3 rings (SSSR count). The van der Waals surface area contributed by atoms with E-state index in [1.165, 1.54) is 51.4 Å². The Morgan fingerprint density at radius 3 is 2.38 bits per heavy atom. The van der Waals surface area contributed by atoms with E-state index < -0.39 is 24.2 Å². The Bertz CT molecular complexity index is 1410. The summed E-state index contributed by atoms with van der Waals surface area (Å²) in [7, 11) is 1.44. The van der Waals surface area contributed by atoms with Gasteiger partial charge in [0, 0.05) is 47.1 Å². The number of nitrogens with zero attached hydrogens (tertiary/aromatic N) is 1. The van der Waals surface area contributed by atoms with Crippen molar-refractivity contribution in [2.75, 3.05) is 20.3 Å². The minimum Gasteiger partial charge on any atom is -0.493 e. The van der Waals surface area contributed by atoms with Crippen molar-refractivity contribution in [3.63, 3.8) is 0 Å². The van der Waals surface area contributed by atoms with Crippen LogP contribution >= 0.6 is 45.8 Å². The van der Waals surface area contributed by atoms with Crippen molar-refractivity contribution in [1.82, 2.24) is 10.2 Å². The smallest absolute Gasteiger partial charge is 0.247 e. The summed E-state index contributed by atoms with van der Waals surface area (Å²) >= 11 is 14.7. The molecule has 3 unspecified atom stereocenters. The fraction of sp³-hybridized carbons (Fsp3) is 0.528. The van der Waals surface area contributed by atoms with E-state index in [9.17, 15) is 24.6 Å². The molecule has 2 aromatic rings. The fourth-order valence-electron chi connectivity index (χ4n) is 5.79. The highest BCUT2D eigenvalue weighted by molar-refractivity contribution is 14.1. The van der Waals surface area contributed by atoms with Gasteiger partial charge < -0.3 is 29.9 Å². The minimum atomic E-state index is -1.25. The molecule has 12 heteroatoms. The molecule has 0 aliphatic heterocycles. The first-order chi connectivity index (χ1) is 23.1. The molecule has 0 spiro atoms. The number of ether oxygens (including phenoxy) is 2. The summed E-state index contributed by atoms with van der Waals surface area (Å²) in [6.07, 6.45) is 10.2. The predicted molar refractivity (Wildman–Crippen MR) is 197 cm³/mol. The normalized spacial score (nSPS) is 17.4. The summed E-state index contributed by atoms with van der Waals surface area (Å²) in [6, 6.07) is 7.35. The molecule has 1 aliphatic rings. The van der Waals surface area contributed by atoms with Gasteiger partial charge in [-0.25, -0.2) is 0 Å². The quantitative estimate of drug-likeness (QED) is 0.0729. The maximum Gasteiger partial charge on any atom is 0.247 e. The van der Waals surface area contributed by atoms with Crippen LogP contribution in [-0.4, -0.2) is 71.7 Å². The summed E-state index contributed by atoms with van der Waals surface area (Å²) < 4.78 is 12.4. The molecule has 2 amide bonds. The number of hydrogen-bond acceptors (Lipinski definition) is 7. The average molecular weight is 818 g/mol. The SMILES string of the molecule is CCCCCCCCCCCC(=O)N(Cc1ccc(Cl)cc1Cl)C1CC(C(=O)NCCO)=CC(Oc2c(I)cc(C=O)cc2OC)C1O. The van der Waals surface area contributed by atoms with Crippen LogP contribution in [0.4, 0.5) is 0 Å². The van der Waals surface area contributed by atoms with E-state index in [-0.39, 0.29) is 49.9 Å². The molecule has 0 radical (unpaired) electrons. The van der Waals surface area contributed by atoms with Crippen LogP contribution in [0.25, 0.3) is 0 Å². The lowest BCUT2D eigenvalue weighted by Crippen LogP contribution is -2.54. The number of unbranched alkanes of at least 4 members (excludes halogenated alkanes) is 8. The van der Waals surface area contributed by atoms with Gasteiger partial charge in [-0.05, 0) is 64.9 Å². The largest absolute Gasteiger partial charge is 0.493 e. The van der Waals surface area contributed by atoms with E-state index in [1.807, 2.05) is 22.6 Å². The summed E-state index contributed by atoms with van der Waals surface area (Å²) in [6.45, 7) is 2.08. The molecule has 0 saturated carbocycles. The van der Waals surface area contributed by atoms with Crippen molar-refractivity contribution in [1.29, 1.82) is 0 Å². The second-order valence-electron chi connectivity index (χ2n) is 12.0. The van der Waals surface area contributed by atoms with E-state index >= 15 is 0 Å². The Kier molecular flexibility index (Phi) is 17.5. The molecule has 264 valence electrons. The molecule has 1 aliphatic carbocycles. The molecule has 0 saturated heterocycles. The Morgan fingerprint density at radius 2 is 1.75 bits per heavy atom. The lowest BCUT2D eigenvalue weighted by molar-refractivity contribution is -0.139. The first kappa shape index (κ1) is 40.1. The van der Waals surface area contributed by atoms with E-state index in [0.717, 1.165) is 19.3 Å². The van der Waals surface area contributed by atoms with Gasteiger partial charge in [0.25, 0.3) is 0 Å². The minimum absolute atomic E-state index is 0.0371. The van der Waals surface area contributed by atoms with Crippen LogP contribution in [0.5, 0.6) is 11.5 Å². The molecular weight excluding hydrogens is 770 g/mol. The van der Waals surface area contributed by atoms with Gasteiger partial charge in [-0.3, -0.25) is 14.4 Å². The van der Waals surface area contributed by atoms with Gasteiger partial charge in [0.15, 0.2) is 11.5 Å². The number of rotatable bonds is 20. The highest BCUT2D eigenvalue weighted by atomic mass is 127. The van der Waals surface area contributed by atoms with Crippen molar-refractivity contribution >= 4 is 63.9 Å². The molecule has 9 nitrogen and oxygen atoms in total. The number of aliphatic hydroxyl groups excluding tert-OH is 2. The van der Waals surface area contributed by atoms with Crippen LogP contribution in [-0.2, 0) is 16.1 Å². The number of nitrogens with one attached hydrogen (secondary N) is 1. The molecule has 0 fully saturated rings. The topological polar surface area (TPSA) is 125 Å². The molecule has 48 heavy (non-hydrogen) atoms. The van der Waals surface area contributed by atoms with E-state index in [2.05, 4.69) is 12.2 Å². The number of hydrogen-bond donors (Lipinski definition) is 3. The van der Waals surface area contributed by atoms with Crippen LogP contribution in [0.3, 0.4) is 0 Å².